The summed E-state index contributed by atoms with van der Waals surface area (Å²) >= 11 is 0. The SMILES string of the molecule is O=C(NCCC1CCCO1)c1ccc(-c2ccccc2)cc1. The van der Waals surface area contributed by atoms with E-state index < -0.39 is 0 Å². The molecule has 0 radical (unpaired) electrons. The number of rotatable bonds is 5. The predicted molar refractivity (Wildman–Crippen MR) is 87.8 cm³/mol. The number of benzene rings is 2. The molecule has 0 saturated carbocycles. The third-order valence-electron chi connectivity index (χ3n) is 4.03. The van der Waals surface area contributed by atoms with Gasteiger partial charge >= 0.3 is 0 Å². The lowest BCUT2D eigenvalue weighted by molar-refractivity contribution is 0.0907. The lowest BCUT2D eigenvalue weighted by atomic mass is 10.0. The van der Waals surface area contributed by atoms with E-state index in [0.717, 1.165) is 37.0 Å². The molecule has 0 aliphatic carbocycles. The minimum Gasteiger partial charge on any atom is -0.378 e. The summed E-state index contributed by atoms with van der Waals surface area (Å²) in [6, 6.07) is 17.9. The maximum absolute atomic E-state index is 12.1. The average molecular weight is 295 g/mol. The molecule has 2 aromatic rings. The molecule has 2 aromatic carbocycles. The van der Waals surface area contributed by atoms with E-state index in [0.29, 0.717) is 18.2 Å². The molecular formula is C19H21NO2. The highest BCUT2D eigenvalue weighted by Gasteiger charge is 2.15. The molecule has 1 unspecified atom stereocenters. The molecule has 1 aliphatic heterocycles. The highest BCUT2D eigenvalue weighted by molar-refractivity contribution is 5.94. The van der Waals surface area contributed by atoms with Gasteiger partial charge in [-0.25, -0.2) is 0 Å². The highest BCUT2D eigenvalue weighted by atomic mass is 16.5. The zero-order valence-electron chi connectivity index (χ0n) is 12.6. The van der Waals surface area contributed by atoms with Crippen molar-refractivity contribution in [3.8, 4) is 11.1 Å². The van der Waals surface area contributed by atoms with Crippen molar-refractivity contribution in [2.24, 2.45) is 0 Å². The van der Waals surface area contributed by atoms with Gasteiger partial charge in [0.1, 0.15) is 0 Å². The fourth-order valence-corrected chi connectivity index (χ4v) is 2.77. The van der Waals surface area contributed by atoms with Crippen LogP contribution in [-0.4, -0.2) is 25.2 Å². The van der Waals surface area contributed by atoms with Crippen molar-refractivity contribution in [1.29, 1.82) is 0 Å². The maximum Gasteiger partial charge on any atom is 0.251 e. The van der Waals surface area contributed by atoms with Crippen LogP contribution < -0.4 is 5.32 Å². The van der Waals surface area contributed by atoms with Crippen molar-refractivity contribution in [2.75, 3.05) is 13.2 Å². The Morgan fingerprint density at radius 3 is 2.45 bits per heavy atom. The summed E-state index contributed by atoms with van der Waals surface area (Å²) < 4.78 is 5.55. The molecule has 1 amide bonds. The second kappa shape index (κ2) is 7.23. The van der Waals surface area contributed by atoms with Gasteiger partial charge in [0.25, 0.3) is 5.91 Å². The van der Waals surface area contributed by atoms with Gasteiger partial charge in [-0.15, -0.1) is 0 Å². The lowest BCUT2D eigenvalue weighted by Crippen LogP contribution is -2.26. The number of carbonyl (C=O) groups is 1. The number of amides is 1. The van der Waals surface area contributed by atoms with Crippen LogP contribution in [0.2, 0.25) is 0 Å². The van der Waals surface area contributed by atoms with Crippen molar-refractivity contribution in [3.63, 3.8) is 0 Å². The van der Waals surface area contributed by atoms with Crippen LogP contribution in [0, 0.1) is 0 Å². The van der Waals surface area contributed by atoms with E-state index in [9.17, 15) is 4.79 Å². The Labute approximate surface area is 131 Å². The van der Waals surface area contributed by atoms with Gasteiger partial charge in [-0.05, 0) is 42.5 Å². The Bertz CT molecular complexity index is 601. The quantitative estimate of drug-likeness (QED) is 0.914. The summed E-state index contributed by atoms with van der Waals surface area (Å²) in [5.41, 5.74) is 2.98. The normalized spacial score (nSPS) is 17.4. The molecular weight excluding hydrogens is 274 g/mol. The number of hydrogen-bond donors (Lipinski definition) is 1. The molecule has 3 rings (SSSR count). The van der Waals surface area contributed by atoms with Crippen molar-refractivity contribution in [1.82, 2.24) is 5.32 Å². The van der Waals surface area contributed by atoms with Crippen LogP contribution in [0.4, 0.5) is 0 Å². The molecule has 1 aliphatic rings. The summed E-state index contributed by atoms with van der Waals surface area (Å²) in [6.07, 6.45) is 3.47. The lowest BCUT2D eigenvalue weighted by Gasteiger charge is -2.10. The van der Waals surface area contributed by atoms with Crippen LogP contribution in [0.15, 0.2) is 54.6 Å². The second-order valence-corrected chi connectivity index (χ2v) is 5.62. The van der Waals surface area contributed by atoms with E-state index in [-0.39, 0.29) is 5.91 Å². The molecule has 22 heavy (non-hydrogen) atoms. The highest BCUT2D eigenvalue weighted by Crippen LogP contribution is 2.19. The first kappa shape index (κ1) is 14.8. The fraction of sp³-hybridized carbons (Fsp3) is 0.316. The van der Waals surface area contributed by atoms with Crippen molar-refractivity contribution in [2.45, 2.75) is 25.4 Å². The summed E-state index contributed by atoms with van der Waals surface area (Å²) in [4.78, 5) is 12.1. The van der Waals surface area contributed by atoms with Gasteiger partial charge in [0.2, 0.25) is 0 Å². The number of hydrogen-bond acceptors (Lipinski definition) is 2. The minimum atomic E-state index is -0.0161. The summed E-state index contributed by atoms with van der Waals surface area (Å²) in [5.74, 6) is -0.0161. The molecule has 1 fully saturated rings. The van der Waals surface area contributed by atoms with Crippen LogP contribution in [0.3, 0.4) is 0 Å². The third-order valence-corrected chi connectivity index (χ3v) is 4.03. The van der Waals surface area contributed by atoms with Gasteiger partial charge < -0.3 is 10.1 Å². The molecule has 1 atom stereocenters. The first-order chi connectivity index (χ1) is 10.8. The number of carbonyl (C=O) groups excluding carboxylic acids is 1. The van der Waals surface area contributed by atoms with Crippen LogP contribution in [0.1, 0.15) is 29.6 Å². The molecule has 3 nitrogen and oxygen atoms in total. The van der Waals surface area contributed by atoms with Gasteiger partial charge in [-0.2, -0.15) is 0 Å². The van der Waals surface area contributed by atoms with Crippen molar-refractivity contribution >= 4 is 5.91 Å². The van der Waals surface area contributed by atoms with E-state index in [1.165, 1.54) is 0 Å². The molecule has 3 heteroatoms. The predicted octanol–water partition coefficient (Wildman–Crippen LogP) is 3.65. The van der Waals surface area contributed by atoms with E-state index >= 15 is 0 Å². The van der Waals surface area contributed by atoms with E-state index in [1.54, 1.807) is 0 Å². The smallest absolute Gasteiger partial charge is 0.251 e. The van der Waals surface area contributed by atoms with Crippen LogP contribution >= 0.6 is 0 Å². The topological polar surface area (TPSA) is 38.3 Å². The first-order valence-electron chi connectivity index (χ1n) is 7.88. The van der Waals surface area contributed by atoms with Gasteiger partial charge in [-0.1, -0.05) is 42.5 Å². The van der Waals surface area contributed by atoms with Crippen molar-refractivity contribution < 1.29 is 9.53 Å². The molecule has 1 saturated heterocycles. The van der Waals surface area contributed by atoms with Crippen molar-refractivity contribution in [3.05, 3.63) is 60.2 Å². The van der Waals surface area contributed by atoms with Gasteiger partial charge in [-0.3, -0.25) is 4.79 Å². The molecule has 0 bridgehead atoms. The van der Waals surface area contributed by atoms with E-state index in [2.05, 4.69) is 17.4 Å². The van der Waals surface area contributed by atoms with Gasteiger partial charge in [0.15, 0.2) is 0 Å². The Hall–Kier alpha value is -2.13. The van der Waals surface area contributed by atoms with Crippen LogP contribution in [0.5, 0.6) is 0 Å². The monoisotopic (exact) mass is 295 g/mol. The second-order valence-electron chi connectivity index (χ2n) is 5.62. The molecule has 0 aromatic heterocycles. The Morgan fingerprint density at radius 2 is 1.77 bits per heavy atom. The summed E-state index contributed by atoms with van der Waals surface area (Å²) in [5, 5.41) is 2.97. The van der Waals surface area contributed by atoms with E-state index in [4.69, 9.17) is 4.74 Å². The molecule has 1 N–H and O–H groups in total. The molecule has 1 heterocycles. The van der Waals surface area contributed by atoms with Gasteiger partial charge in [0.05, 0.1) is 6.10 Å². The average Bonchev–Trinajstić information content (AvgIpc) is 3.09. The third kappa shape index (κ3) is 3.74. The fourth-order valence-electron chi connectivity index (χ4n) is 2.77. The number of nitrogens with one attached hydrogen (secondary N) is 1. The summed E-state index contributed by atoms with van der Waals surface area (Å²) in [6.45, 7) is 1.53. The zero-order valence-corrected chi connectivity index (χ0v) is 12.6. The van der Waals surface area contributed by atoms with Gasteiger partial charge in [0, 0.05) is 18.7 Å². The Kier molecular flexibility index (Phi) is 4.86. The number of ether oxygens (including phenoxy) is 1. The van der Waals surface area contributed by atoms with Crippen LogP contribution in [-0.2, 0) is 4.74 Å². The summed E-state index contributed by atoms with van der Waals surface area (Å²) in [7, 11) is 0. The zero-order chi connectivity index (χ0) is 15.2. The minimum absolute atomic E-state index is 0.0161. The first-order valence-corrected chi connectivity index (χ1v) is 7.88. The largest absolute Gasteiger partial charge is 0.378 e. The Morgan fingerprint density at radius 1 is 1.05 bits per heavy atom. The molecule has 0 spiro atoms. The molecule has 114 valence electrons. The Balaban J connectivity index is 1.54. The van der Waals surface area contributed by atoms with Crippen LogP contribution in [0.25, 0.3) is 11.1 Å². The standard InChI is InChI=1S/C19H21NO2/c21-19(20-13-12-18-7-4-14-22-18)17-10-8-16(9-11-17)15-5-2-1-3-6-15/h1-3,5-6,8-11,18H,4,7,12-14H2,(H,20,21). The maximum atomic E-state index is 12.1. The van der Waals surface area contributed by atoms with E-state index in [1.807, 2.05) is 42.5 Å².